The highest BCUT2D eigenvalue weighted by Crippen LogP contribution is 2.27. The standard InChI is InChI=1S/C17H19N3O6S/c1-12-4-3-5-13(8-12)11-26-17(21)10-19-15-7-6-14(27(24,25)18-2)9-16(15)20(22)23/h3-9,18-19H,10-11H2,1-2H3. The van der Waals surface area contributed by atoms with E-state index in [9.17, 15) is 23.3 Å². The maximum Gasteiger partial charge on any atom is 0.325 e. The quantitative estimate of drug-likeness (QED) is 0.399. The van der Waals surface area contributed by atoms with Gasteiger partial charge in [0.25, 0.3) is 5.69 Å². The molecule has 27 heavy (non-hydrogen) atoms. The van der Waals surface area contributed by atoms with Crippen LogP contribution in [0.15, 0.2) is 47.4 Å². The molecule has 0 saturated carbocycles. The number of esters is 1. The van der Waals surface area contributed by atoms with Gasteiger partial charge in [-0.15, -0.1) is 0 Å². The summed E-state index contributed by atoms with van der Waals surface area (Å²) in [7, 11) is -2.61. The van der Waals surface area contributed by atoms with Gasteiger partial charge in [-0.25, -0.2) is 13.1 Å². The van der Waals surface area contributed by atoms with E-state index in [1.165, 1.54) is 19.2 Å². The number of nitro groups is 1. The predicted octanol–water partition coefficient (Wildman–Crippen LogP) is 1.97. The van der Waals surface area contributed by atoms with Crippen LogP contribution in [0.2, 0.25) is 0 Å². The van der Waals surface area contributed by atoms with E-state index in [0.29, 0.717) is 0 Å². The van der Waals surface area contributed by atoms with E-state index < -0.39 is 26.6 Å². The largest absolute Gasteiger partial charge is 0.460 e. The van der Waals surface area contributed by atoms with Gasteiger partial charge in [0.15, 0.2) is 0 Å². The van der Waals surface area contributed by atoms with Crippen LogP contribution in [0, 0.1) is 17.0 Å². The number of nitrogens with one attached hydrogen (secondary N) is 2. The van der Waals surface area contributed by atoms with Gasteiger partial charge in [0, 0.05) is 6.07 Å². The molecule has 0 radical (unpaired) electrons. The van der Waals surface area contributed by atoms with Crippen molar-refractivity contribution in [3.63, 3.8) is 0 Å². The lowest BCUT2D eigenvalue weighted by Gasteiger charge is -2.09. The molecular weight excluding hydrogens is 374 g/mol. The van der Waals surface area contributed by atoms with Gasteiger partial charge < -0.3 is 10.1 Å². The minimum Gasteiger partial charge on any atom is -0.460 e. The molecule has 0 unspecified atom stereocenters. The third-order valence-electron chi connectivity index (χ3n) is 3.65. The van der Waals surface area contributed by atoms with E-state index in [1.54, 1.807) is 0 Å². The number of rotatable bonds is 8. The second-order valence-electron chi connectivity index (χ2n) is 5.65. The van der Waals surface area contributed by atoms with Crippen LogP contribution < -0.4 is 10.0 Å². The van der Waals surface area contributed by atoms with Crippen LogP contribution >= 0.6 is 0 Å². The van der Waals surface area contributed by atoms with Crippen LogP contribution in [-0.2, 0) is 26.2 Å². The van der Waals surface area contributed by atoms with E-state index in [4.69, 9.17) is 4.74 Å². The Hall–Kier alpha value is -2.98. The fourth-order valence-corrected chi connectivity index (χ4v) is 3.03. The fraction of sp³-hybridized carbons (Fsp3) is 0.235. The topological polar surface area (TPSA) is 128 Å². The first-order chi connectivity index (χ1) is 12.7. The van der Waals surface area contributed by atoms with Gasteiger partial charge in [-0.2, -0.15) is 0 Å². The van der Waals surface area contributed by atoms with E-state index in [0.717, 1.165) is 17.2 Å². The zero-order valence-electron chi connectivity index (χ0n) is 14.8. The summed E-state index contributed by atoms with van der Waals surface area (Å²) in [4.78, 5) is 22.1. The number of aryl methyl sites for hydroxylation is 1. The maximum absolute atomic E-state index is 11.9. The molecule has 0 aromatic heterocycles. The van der Waals surface area contributed by atoms with E-state index in [1.807, 2.05) is 31.2 Å². The molecule has 0 spiro atoms. The first-order valence-corrected chi connectivity index (χ1v) is 9.38. The molecule has 0 atom stereocenters. The average molecular weight is 393 g/mol. The zero-order chi connectivity index (χ0) is 20.0. The second kappa shape index (κ2) is 8.60. The molecule has 0 fully saturated rings. The SMILES string of the molecule is CNS(=O)(=O)c1ccc(NCC(=O)OCc2cccc(C)c2)c([N+](=O)[O-])c1. The number of carbonyl (C=O) groups is 1. The molecule has 2 N–H and O–H groups in total. The Balaban J connectivity index is 2.04. The van der Waals surface area contributed by atoms with Crippen molar-refractivity contribution in [2.24, 2.45) is 0 Å². The normalized spacial score (nSPS) is 11.0. The molecule has 144 valence electrons. The third kappa shape index (κ3) is 5.50. The Kier molecular flexibility index (Phi) is 6.48. The highest BCUT2D eigenvalue weighted by atomic mass is 32.2. The highest BCUT2D eigenvalue weighted by Gasteiger charge is 2.20. The van der Waals surface area contributed by atoms with Crippen LogP contribution in [0.25, 0.3) is 0 Å². The van der Waals surface area contributed by atoms with Crippen LogP contribution in [0.1, 0.15) is 11.1 Å². The number of anilines is 1. The summed E-state index contributed by atoms with van der Waals surface area (Å²) in [6.07, 6.45) is 0. The van der Waals surface area contributed by atoms with Crippen LogP contribution in [0.3, 0.4) is 0 Å². The monoisotopic (exact) mass is 393 g/mol. The number of benzene rings is 2. The smallest absolute Gasteiger partial charge is 0.325 e. The summed E-state index contributed by atoms with van der Waals surface area (Å²) < 4.78 is 30.7. The van der Waals surface area contributed by atoms with E-state index in [-0.39, 0.29) is 23.7 Å². The molecule has 0 aliphatic carbocycles. The number of hydrogen-bond acceptors (Lipinski definition) is 7. The number of carbonyl (C=O) groups excluding carboxylic acids is 1. The fourth-order valence-electron chi connectivity index (χ4n) is 2.28. The zero-order valence-corrected chi connectivity index (χ0v) is 15.6. The van der Waals surface area contributed by atoms with Crippen molar-refractivity contribution in [1.82, 2.24) is 4.72 Å². The summed E-state index contributed by atoms with van der Waals surface area (Å²) in [6.45, 7) is 1.71. The Labute approximate surface area is 156 Å². The Morgan fingerprint density at radius 2 is 1.96 bits per heavy atom. The van der Waals surface area contributed by atoms with Crippen molar-refractivity contribution in [3.8, 4) is 0 Å². The molecular formula is C17H19N3O6S. The van der Waals surface area contributed by atoms with Gasteiger partial charge in [0.05, 0.1) is 9.82 Å². The van der Waals surface area contributed by atoms with Crippen molar-refractivity contribution in [2.45, 2.75) is 18.4 Å². The summed E-state index contributed by atoms with van der Waals surface area (Å²) in [5, 5.41) is 13.8. The molecule has 2 aromatic carbocycles. The van der Waals surface area contributed by atoms with Gasteiger partial charge in [0.2, 0.25) is 10.0 Å². The molecule has 0 aliphatic rings. The van der Waals surface area contributed by atoms with Crippen molar-refractivity contribution < 1.29 is 22.9 Å². The molecule has 0 bridgehead atoms. The van der Waals surface area contributed by atoms with Crippen molar-refractivity contribution >= 4 is 27.4 Å². The number of nitro benzene ring substituents is 1. The molecule has 9 nitrogen and oxygen atoms in total. The van der Waals surface area contributed by atoms with Crippen LogP contribution in [0.5, 0.6) is 0 Å². The highest BCUT2D eigenvalue weighted by molar-refractivity contribution is 7.89. The molecule has 0 aliphatic heterocycles. The number of hydrogen-bond donors (Lipinski definition) is 2. The number of ether oxygens (including phenoxy) is 1. The minimum absolute atomic E-state index is 0.0163. The van der Waals surface area contributed by atoms with Gasteiger partial charge in [-0.05, 0) is 31.7 Å². The van der Waals surface area contributed by atoms with E-state index in [2.05, 4.69) is 10.0 Å². The minimum atomic E-state index is -3.82. The van der Waals surface area contributed by atoms with E-state index >= 15 is 0 Å². The first kappa shape index (κ1) is 20.3. The summed E-state index contributed by atoms with van der Waals surface area (Å²) >= 11 is 0. The second-order valence-corrected chi connectivity index (χ2v) is 7.53. The third-order valence-corrected chi connectivity index (χ3v) is 5.06. The lowest BCUT2D eigenvalue weighted by molar-refractivity contribution is -0.384. The maximum atomic E-state index is 11.9. The lowest BCUT2D eigenvalue weighted by atomic mass is 10.1. The molecule has 2 aromatic rings. The Morgan fingerprint density at radius 3 is 2.59 bits per heavy atom. The molecule has 0 saturated heterocycles. The van der Waals surface area contributed by atoms with Gasteiger partial charge in [0.1, 0.15) is 18.8 Å². The number of nitrogens with zero attached hydrogens (tertiary/aromatic N) is 1. The Bertz CT molecular complexity index is 959. The summed E-state index contributed by atoms with van der Waals surface area (Å²) in [6, 6.07) is 10.8. The molecule has 0 amide bonds. The van der Waals surface area contributed by atoms with Crippen molar-refractivity contribution in [2.75, 3.05) is 18.9 Å². The predicted molar refractivity (Wildman–Crippen MR) is 98.8 cm³/mol. The lowest BCUT2D eigenvalue weighted by Crippen LogP contribution is -2.20. The average Bonchev–Trinajstić information content (AvgIpc) is 2.64. The van der Waals surface area contributed by atoms with Gasteiger partial charge in [-0.1, -0.05) is 29.8 Å². The number of sulfonamides is 1. The van der Waals surface area contributed by atoms with Gasteiger partial charge in [-0.3, -0.25) is 14.9 Å². The Morgan fingerprint density at radius 1 is 1.22 bits per heavy atom. The van der Waals surface area contributed by atoms with Crippen LogP contribution in [0.4, 0.5) is 11.4 Å². The van der Waals surface area contributed by atoms with Crippen LogP contribution in [-0.4, -0.2) is 32.9 Å². The summed E-state index contributed by atoms with van der Waals surface area (Å²) in [5.74, 6) is -0.599. The molecule has 10 heteroatoms. The molecule has 0 heterocycles. The first-order valence-electron chi connectivity index (χ1n) is 7.90. The van der Waals surface area contributed by atoms with Crippen molar-refractivity contribution in [3.05, 3.63) is 63.7 Å². The van der Waals surface area contributed by atoms with Crippen molar-refractivity contribution in [1.29, 1.82) is 0 Å². The summed E-state index contributed by atoms with van der Waals surface area (Å²) in [5.41, 5.74) is 1.42. The van der Waals surface area contributed by atoms with Gasteiger partial charge >= 0.3 is 5.97 Å². The molecule has 2 rings (SSSR count).